The van der Waals surface area contributed by atoms with Gasteiger partial charge in [0.25, 0.3) is 0 Å². The van der Waals surface area contributed by atoms with Gasteiger partial charge in [-0.25, -0.2) is 0 Å². The fourth-order valence-electron chi connectivity index (χ4n) is 1.46. The highest BCUT2D eigenvalue weighted by Gasteiger charge is 2.13. The predicted molar refractivity (Wildman–Crippen MR) is 64.8 cm³/mol. The number of rotatable bonds is 3. The summed E-state index contributed by atoms with van der Waals surface area (Å²) in [6, 6.07) is 9.33. The van der Waals surface area contributed by atoms with Gasteiger partial charge in [0.1, 0.15) is 6.10 Å². The maximum Gasteiger partial charge on any atom is 0.103 e. The van der Waals surface area contributed by atoms with E-state index in [1.165, 1.54) is 0 Å². The molecule has 0 saturated carbocycles. The molecule has 3 nitrogen and oxygen atoms in total. The summed E-state index contributed by atoms with van der Waals surface area (Å²) in [6.45, 7) is 0. The van der Waals surface area contributed by atoms with E-state index in [1.54, 1.807) is 12.4 Å². The maximum absolute atomic E-state index is 10.0. The highest BCUT2D eigenvalue weighted by atomic mass is 79.9. The molecule has 0 saturated heterocycles. The normalized spacial score (nSPS) is 12.4. The van der Waals surface area contributed by atoms with E-state index in [2.05, 4.69) is 25.9 Å². The van der Waals surface area contributed by atoms with Crippen LogP contribution in [0.5, 0.6) is 0 Å². The summed E-state index contributed by atoms with van der Waals surface area (Å²) in [5.41, 5.74) is 1.50. The van der Waals surface area contributed by atoms with Crippen molar-refractivity contribution in [3.63, 3.8) is 0 Å². The van der Waals surface area contributed by atoms with Crippen molar-refractivity contribution in [1.82, 2.24) is 9.97 Å². The molecule has 2 rings (SSSR count). The van der Waals surface area contributed by atoms with Crippen LogP contribution in [-0.2, 0) is 6.42 Å². The van der Waals surface area contributed by atoms with E-state index in [4.69, 9.17) is 0 Å². The first kappa shape index (κ1) is 11.2. The minimum atomic E-state index is -0.634. The molecule has 0 amide bonds. The Kier molecular flexibility index (Phi) is 3.64. The van der Waals surface area contributed by atoms with Crippen LogP contribution in [0.15, 0.2) is 47.2 Å². The Morgan fingerprint density at radius 2 is 1.94 bits per heavy atom. The van der Waals surface area contributed by atoms with Crippen molar-refractivity contribution >= 4 is 15.9 Å². The van der Waals surface area contributed by atoms with Crippen LogP contribution < -0.4 is 0 Å². The average molecular weight is 279 g/mol. The fraction of sp³-hybridized carbons (Fsp3) is 0.167. The van der Waals surface area contributed by atoms with Crippen LogP contribution in [0.25, 0.3) is 0 Å². The molecule has 82 valence electrons. The van der Waals surface area contributed by atoms with Crippen molar-refractivity contribution in [2.24, 2.45) is 0 Å². The number of nitrogens with zero attached hydrogens (tertiary/aromatic N) is 2. The highest BCUT2D eigenvalue weighted by Crippen LogP contribution is 2.22. The van der Waals surface area contributed by atoms with Crippen LogP contribution in [0.3, 0.4) is 0 Å². The molecule has 1 atom stereocenters. The molecule has 0 spiro atoms. The second-order valence-electron chi connectivity index (χ2n) is 3.41. The average Bonchev–Trinajstić information content (AvgIpc) is 2.31. The van der Waals surface area contributed by atoms with E-state index in [1.807, 2.05) is 30.3 Å². The van der Waals surface area contributed by atoms with Gasteiger partial charge < -0.3 is 5.11 Å². The zero-order valence-corrected chi connectivity index (χ0v) is 10.1. The van der Waals surface area contributed by atoms with E-state index in [0.29, 0.717) is 12.1 Å². The van der Waals surface area contributed by atoms with Gasteiger partial charge in [-0.3, -0.25) is 9.97 Å². The summed E-state index contributed by atoms with van der Waals surface area (Å²) in [6.07, 6.45) is 3.22. The maximum atomic E-state index is 10.0. The predicted octanol–water partition coefficient (Wildman–Crippen LogP) is 2.52. The van der Waals surface area contributed by atoms with Gasteiger partial charge in [-0.2, -0.15) is 0 Å². The van der Waals surface area contributed by atoms with Crippen LogP contribution in [0, 0.1) is 0 Å². The molecular formula is C12H11BrN2O. The second-order valence-corrected chi connectivity index (χ2v) is 4.27. The minimum absolute atomic E-state index is 0.469. The molecule has 1 N–H and O–H groups in total. The number of pyridine rings is 2. The zero-order valence-electron chi connectivity index (χ0n) is 8.55. The largest absolute Gasteiger partial charge is 0.386 e. The summed E-state index contributed by atoms with van der Waals surface area (Å²) in [5.74, 6) is 0. The SMILES string of the molecule is OC(Cc1ccccn1)c1ncccc1Br. The van der Waals surface area contributed by atoms with Crippen LogP contribution in [-0.4, -0.2) is 15.1 Å². The number of aliphatic hydroxyl groups is 1. The number of hydrogen-bond donors (Lipinski definition) is 1. The minimum Gasteiger partial charge on any atom is -0.386 e. The van der Waals surface area contributed by atoms with E-state index in [-0.39, 0.29) is 0 Å². The molecule has 0 aromatic carbocycles. The quantitative estimate of drug-likeness (QED) is 0.939. The lowest BCUT2D eigenvalue weighted by Crippen LogP contribution is -2.05. The van der Waals surface area contributed by atoms with E-state index < -0.39 is 6.10 Å². The van der Waals surface area contributed by atoms with Gasteiger partial charge in [0.2, 0.25) is 0 Å². The third-order valence-corrected chi connectivity index (χ3v) is 2.90. The summed E-state index contributed by atoms with van der Waals surface area (Å²) in [5, 5.41) is 10.0. The lowest BCUT2D eigenvalue weighted by atomic mass is 10.1. The van der Waals surface area contributed by atoms with Crippen molar-refractivity contribution < 1.29 is 5.11 Å². The third-order valence-electron chi connectivity index (χ3n) is 2.23. The summed E-state index contributed by atoms with van der Waals surface area (Å²) < 4.78 is 0.818. The Bertz CT molecular complexity index is 462. The molecule has 0 aliphatic heterocycles. The lowest BCUT2D eigenvalue weighted by Gasteiger charge is -2.10. The van der Waals surface area contributed by atoms with Crippen molar-refractivity contribution in [1.29, 1.82) is 0 Å². The van der Waals surface area contributed by atoms with E-state index in [0.717, 1.165) is 10.2 Å². The molecule has 16 heavy (non-hydrogen) atoms. The number of hydrogen-bond acceptors (Lipinski definition) is 3. The van der Waals surface area contributed by atoms with Gasteiger partial charge in [-0.05, 0) is 40.2 Å². The van der Waals surface area contributed by atoms with E-state index >= 15 is 0 Å². The first-order valence-corrected chi connectivity index (χ1v) is 5.75. The third kappa shape index (κ3) is 2.65. The van der Waals surface area contributed by atoms with Gasteiger partial charge in [0.15, 0.2) is 0 Å². The molecule has 0 aliphatic rings. The fourth-order valence-corrected chi connectivity index (χ4v) is 1.98. The molecule has 4 heteroatoms. The standard InChI is InChI=1S/C12H11BrN2O/c13-10-5-3-7-15-12(10)11(16)8-9-4-1-2-6-14-9/h1-7,11,16H,8H2. The summed E-state index contributed by atoms with van der Waals surface area (Å²) >= 11 is 3.37. The number of aromatic nitrogens is 2. The van der Waals surface area contributed by atoms with Crippen LogP contribution in [0.4, 0.5) is 0 Å². The summed E-state index contributed by atoms with van der Waals surface area (Å²) in [7, 11) is 0. The Balaban J connectivity index is 2.15. The molecule has 2 aromatic rings. The monoisotopic (exact) mass is 278 g/mol. The van der Waals surface area contributed by atoms with Crippen LogP contribution in [0.2, 0.25) is 0 Å². The summed E-state index contributed by atoms with van der Waals surface area (Å²) in [4.78, 5) is 8.32. The molecule has 0 radical (unpaired) electrons. The first-order valence-electron chi connectivity index (χ1n) is 4.96. The number of aliphatic hydroxyl groups excluding tert-OH is 1. The van der Waals surface area contributed by atoms with Gasteiger partial charge >= 0.3 is 0 Å². The zero-order chi connectivity index (χ0) is 11.4. The molecule has 0 fully saturated rings. The first-order chi connectivity index (χ1) is 7.77. The van der Waals surface area contributed by atoms with Crippen molar-refractivity contribution in [2.45, 2.75) is 12.5 Å². The molecule has 2 aromatic heterocycles. The Labute approximate surface area is 102 Å². The lowest BCUT2D eigenvalue weighted by molar-refractivity contribution is 0.171. The Morgan fingerprint density at radius 3 is 2.62 bits per heavy atom. The van der Waals surface area contributed by atoms with Gasteiger partial charge in [0.05, 0.1) is 5.69 Å². The molecular weight excluding hydrogens is 268 g/mol. The van der Waals surface area contributed by atoms with Crippen molar-refractivity contribution in [3.05, 3.63) is 58.6 Å². The van der Waals surface area contributed by atoms with Crippen molar-refractivity contribution in [3.8, 4) is 0 Å². The smallest absolute Gasteiger partial charge is 0.103 e. The molecule has 2 heterocycles. The van der Waals surface area contributed by atoms with Gasteiger partial charge in [0, 0.05) is 29.0 Å². The van der Waals surface area contributed by atoms with Crippen LogP contribution in [0.1, 0.15) is 17.5 Å². The Hall–Kier alpha value is -1.26. The van der Waals surface area contributed by atoms with Gasteiger partial charge in [-0.15, -0.1) is 0 Å². The Morgan fingerprint density at radius 1 is 1.12 bits per heavy atom. The number of halogens is 1. The highest BCUT2D eigenvalue weighted by molar-refractivity contribution is 9.10. The molecule has 0 bridgehead atoms. The topological polar surface area (TPSA) is 46.0 Å². The molecule has 1 unspecified atom stereocenters. The molecule has 0 aliphatic carbocycles. The second kappa shape index (κ2) is 5.18. The van der Waals surface area contributed by atoms with Crippen molar-refractivity contribution in [2.75, 3.05) is 0 Å². The van der Waals surface area contributed by atoms with Gasteiger partial charge in [-0.1, -0.05) is 6.07 Å². The van der Waals surface area contributed by atoms with E-state index in [9.17, 15) is 5.11 Å². The van der Waals surface area contributed by atoms with Crippen LogP contribution >= 0.6 is 15.9 Å².